The molecule has 0 bridgehead atoms. The number of aromatic nitrogens is 2. The van der Waals surface area contributed by atoms with Gasteiger partial charge in [0.15, 0.2) is 5.82 Å². The van der Waals surface area contributed by atoms with Crippen molar-refractivity contribution in [3.63, 3.8) is 0 Å². The summed E-state index contributed by atoms with van der Waals surface area (Å²) in [6.07, 6.45) is 4.16. The van der Waals surface area contributed by atoms with Gasteiger partial charge in [0.25, 0.3) is 5.89 Å². The average Bonchev–Trinajstić information content (AvgIpc) is 3.52. The maximum absolute atomic E-state index is 13.7. The molecule has 0 N–H and O–H groups in total. The van der Waals surface area contributed by atoms with Crippen molar-refractivity contribution in [2.24, 2.45) is 0 Å². The molecule has 1 aliphatic heterocycles. The van der Waals surface area contributed by atoms with Gasteiger partial charge in [-0.05, 0) is 61.9 Å². The van der Waals surface area contributed by atoms with Crippen molar-refractivity contribution < 1.29 is 18.4 Å². The van der Waals surface area contributed by atoms with Gasteiger partial charge >= 0.3 is 0 Å². The number of methoxy groups -OCH3 is 1. The summed E-state index contributed by atoms with van der Waals surface area (Å²) in [7, 11) is 1.67. The molecule has 2 fully saturated rings. The molecular weight excluding hydrogens is 421 g/mol. The maximum atomic E-state index is 13.7. The zero-order chi connectivity index (χ0) is 22.9. The molecule has 33 heavy (non-hydrogen) atoms. The molecule has 1 unspecified atom stereocenters. The Morgan fingerprint density at radius 1 is 1.12 bits per heavy atom. The molecule has 6 nitrogen and oxygen atoms in total. The normalized spacial score (nSPS) is 21.7. The second kappa shape index (κ2) is 8.71. The van der Waals surface area contributed by atoms with Crippen LogP contribution in [0.15, 0.2) is 59.1 Å². The zero-order valence-corrected chi connectivity index (χ0v) is 18.8. The summed E-state index contributed by atoms with van der Waals surface area (Å²) in [5, 5.41) is 4.32. The summed E-state index contributed by atoms with van der Waals surface area (Å²) in [5.41, 5.74) is 0.920. The van der Waals surface area contributed by atoms with E-state index in [2.05, 4.69) is 17.3 Å². The molecule has 1 atom stereocenters. The molecule has 7 heteroatoms. The van der Waals surface area contributed by atoms with E-state index >= 15 is 0 Å². The molecule has 0 spiro atoms. The third-order valence-corrected chi connectivity index (χ3v) is 7.13. The fourth-order valence-corrected chi connectivity index (χ4v) is 5.06. The number of carbonyl (C=O) groups excluding carboxylic acids is 1. The third kappa shape index (κ3) is 4.06. The summed E-state index contributed by atoms with van der Waals surface area (Å²) < 4.78 is 24.3. The number of hydrogen-bond acceptors (Lipinski definition) is 5. The quantitative estimate of drug-likeness (QED) is 0.531. The molecule has 1 amide bonds. The second-order valence-corrected chi connectivity index (χ2v) is 9.23. The van der Waals surface area contributed by atoms with Crippen LogP contribution in [0.5, 0.6) is 0 Å². The van der Waals surface area contributed by atoms with Crippen molar-refractivity contribution >= 4 is 5.91 Å². The molecular formula is C26H28FN3O3. The highest BCUT2D eigenvalue weighted by Gasteiger charge is 2.54. The van der Waals surface area contributed by atoms with Crippen molar-refractivity contribution in [1.29, 1.82) is 0 Å². The molecule has 172 valence electrons. The summed E-state index contributed by atoms with van der Waals surface area (Å²) in [4.78, 5) is 20.4. The Bertz CT molecular complexity index is 1110. The first-order valence-corrected chi connectivity index (χ1v) is 11.5. The second-order valence-electron chi connectivity index (χ2n) is 9.23. The number of rotatable bonds is 7. The largest absolute Gasteiger partial charge is 0.385 e. The zero-order valence-electron chi connectivity index (χ0n) is 18.8. The van der Waals surface area contributed by atoms with Crippen LogP contribution >= 0.6 is 0 Å². The lowest BCUT2D eigenvalue weighted by molar-refractivity contribution is -0.136. The lowest BCUT2D eigenvalue weighted by Gasteiger charge is -2.42. The van der Waals surface area contributed by atoms with Gasteiger partial charge in [0.05, 0.1) is 10.8 Å². The Morgan fingerprint density at radius 3 is 2.58 bits per heavy atom. The minimum Gasteiger partial charge on any atom is -0.385 e. The number of hydrogen-bond donors (Lipinski definition) is 0. The van der Waals surface area contributed by atoms with E-state index in [1.807, 2.05) is 23.1 Å². The van der Waals surface area contributed by atoms with Gasteiger partial charge in [-0.1, -0.05) is 35.5 Å². The molecule has 1 aliphatic carbocycles. The highest BCUT2D eigenvalue weighted by atomic mass is 19.1. The van der Waals surface area contributed by atoms with Crippen LogP contribution < -0.4 is 0 Å². The van der Waals surface area contributed by atoms with Gasteiger partial charge in [-0.3, -0.25) is 4.79 Å². The predicted octanol–water partition coefficient (Wildman–Crippen LogP) is 4.50. The Hall–Kier alpha value is -3.06. The van der Waals surface area contributed by atoms with Crippen LogP contribution in [0.25, 0.3) is 11.5 Å². The van der Waals surface area contributed by atoms with Crippen molar-refractivity contribution in [1.82, 2.24) is 15.0 Å². The molecule has 2 heterocycles. The van der Waals surface area contributed by atoms with Crippen LogP contribution in [-0.4, -0.2) is 47.8 Å². The fourth-order valence-electron chi connectivity index (χ4n) is 5.06. The van der Waals surface area contributed by atoms with Crippen molar-refractivity contribution in [3.8, 4) is 11.5 Å². The molecule has 1 saturated heterocycles. The van der Waals surface area contributed by atoms with Gasteiger partial charge in [0, 0.05) is 32.4 Å². The van der Waals surface area contributed by atoms with Gasteiger partial charge in [-0.2, -0.15) is 4.98 Å². The minimum absolute atomic E-state index is 0.192. The highest BCUT2D eigenvalue weighted by Crippen LogP contribution is 2.50. The molecule has 1 saturated carbocycles. The van der Waals surface area contributed by atoms with E-state index in [1.54, 1.807) is 19.2 Å². The number of likely N-dealkylation sites (tertiary alicyclic amines) is 1. The van der Waals surface area contributed by atoms with E-state index in [4.69, 9.17) is 14.2 Å². The third-order valence-electron chi connectivity index (χ3n) is 7.13. The first-order chi connectivity index (χ1) is 16.1. The standard InChI is InChI=1S/C26H28FN3O3/c1-32-17-15-25(23-28-22(33-29-23)19-8-10-21(27)11-9-19)12-5-16-30(18-25)24(31)26(13-14-26)20-6-3-2-4-7-20/h2-4,6-11H,5,12-18H2,1H3. The van der Waals surface area contributed by atoms with Crippen LogP contribution in [0.2, 0.25) is 0 Å². The van der Waals surface area contributed by atoms with E-state index in [-0.39, 0.29) is 11.7 Å². The minimum atomic E-state index is -0.446. The van der Waals surface area contributed by atoms with Gasteiger partial charge in [-0.15, -0.1) is 0 Å². The Morgan fingerprint density at radius 2 is 1.88 bits per heavy atom. The Balaban J connectivity index is 1.43. The number of nitrogens with zero attached hydrogens (tertiary/aromatic N) is 3. The lowest BCUT2D eigenvalue weighted by Crippen LogP contribution is -2.52. The van der Waals surface area contributed by atoms with Gasteiger partial charge in [0.1, 0.15) is 5.82 Å². The van der Waals surface area contributed by atoms with Crippen LogP contribution in [0, 0.1) is 5.82 Å². The summed E-state index contributed by atoms with van der Waals surface area (Å²) in [5.74, 6) is 0.815. The number of amides is 1. The van der Waals surface area contributed by atoms with E-state index in [0.29, 0.717) is 36.9 Å². The van der Waals surface area contributed by atoms with E-state index in [9.17, 15) is 9.18 Å². The average molecular weight is 450 g/mol. The van der Waals surface area contributed by atoms with E-state index < -0.39 is 10.8 Å². The van der Waals surface area contributed by atoms with Crippen molar-refractivity contribution in [2.75, 3.05) is 26.8 Å². The predicted molar refractivity (Wildman–Crippen MR) is 121 cm³/mol. The number of ether oxygens (including phenoxy) is 1. The molecule has 2 aromatic carbocycles. The van der Waals surface area contributed by atoms with Crippen LogP contribution in [0.1, 0.15) is 43.5 Å². The molecule has 1 aromatic heterocycles. The number of carbonyl (C=O) groups is 1. The number of benzene rings is 2. The summed E-state index contributed by atoms with van der Waals surface area (Å²) in [6, 6.07) is 16.1. The topological polar surface area (TPSA) is 68.5 Å². The Labute approximate surface area is 192 Å². The SMILES string of the molecule is COCCC1(c2noc(-c3ccc(F)cc3)n2)CCCN(C(=O)C2(c3ccccc3)CC2)C1. The number of piperidine rings is 1. The Kier molecular flexibility index (Phi) is 5.74. The molecule has 2 aliphatic rings. The first kappa shape index (κ1) is 21.8. The van der Waals surface area contributed by atoms with E-state index in [0.717, 1.165) is 37.8 Å². The van der Waals surface area contributed by atoms with Crippen LogP contribution in [0.4, 0.5) is 4.39 Å². The molecule has 5 rings (SSSR count). The molecule has 0 radical (unpaired) electrons. The lowest BCUT2D eigenvalue weighted by atomic mass is 9.76. The summed E-state index contributed by atoms with van der Waals surface area (Å²) in [6.45, 7) is 1.79. The monoisotopic (exact) mass is 449 g/mol. The fraction of sp³-hybridized carbons (Fsp3) is 0.423. The molecule has 3 aromatic rings. The van der Waals surface area contributed by atoms with Gasteiger partial charge in [0.2, 0.25) is 5.91 Å². The van der Waals surface area contributed by atoms with Crippen molar-refractivity contribution in [3.05, 3.63) is 71.8 Å². The highest BCUT2D eigenvalue weighted by molar-refractivity contribution is 5.91. The first-order valence-electron chi connectivity index (χ1n) is 11.5. The summed E-state index contributed by atoms with van der Waals surface area (Å²) >= 11 is 0. The van der Waals surface area contributed by atoms with E-state index in [1.165, 1.54) is 12.1 Å². The van der Waals surface area contributed by atoms with Crippen molar-refractivity contribution in [2.45, 2.75) is 42.9 Å². The smallest absolute Gasteiger partial charge is 0.257 e. The number of halogens is 1. The van der Waals surface area contributed by atoms with Gasteiger partial charge in [-0.25, -0.2) is 4.39 Å². The van der Waals surface area contributed by atoms with Crippen LogP contribution in [-0.2, 0) is 20.4 Å². The van der Waals surface area contributed by atoms with Crippen LogP contribution in [0.3, 0.4) is 0 Å². The van der Waals surface area contributed by atoms with Gasteiger partial charge < -0.3 is 14.2 Å². The maximum Gasteiger partial charge on any atom is 0.257 e.